The van der Waals surface area contributed by atoms with E-state index in [1.165, 1.54) is 0 Å². The number of carbonyl (C=O) groups is 1. The maximum atomic E-state index is 12.6. The molecule has 0 aliphatic rings. The van der Waals surface area contributed by atoms with Crippen molar-refractivity contribution in [2.45, 2.75) is 6.92 Å². The van der Waals surface area contributed by atoms with E-state index < -0.39 is 0 Å². The third-order valence-corrected chi connectivity index (χ3v) is 3.54. The predicted molar refractivity (Wildman–Crippen MR) is 96.1 cm³/mol. The Hall–Kier alpha value is -1.91. The van der Waals surface area contributed by atoms with Crippen LogP contribution in [0.1, 0.15) is 6.92 Å². The highest BCUT2D eigenvalue weighted by atomic mass is 35.5. The molecule has 0 atom stereocenters. The molecule has 0 fully saturated rings. The molecule has 0 unspecified atom stereocenters. The van der Waals surface area contributed by atoms with Gasteiger partial charge in [0.1, 0.15) is 5.75 Å². The number of ether oxygens (including phenoxy) is 1. The number of anilines is 2. The topological polar surface area (TPSA) is 41.6 Å². The lowest BCUT2D eigenvalue weighted by atomic mass is 10.2. The summed E-state index contributed by atoms with van der Waals surface area (Å²) in [4.78, 5) is 14.2. The van der Waals surface area contributed by atoms with Crippen LogP contribution in [0.3, 0.4) is 0 Å². The molecule has 0 bridgehead atoms. The van der Waals surface area contributed by atoms with Crippen LogP contribution >= 0.6 is 23.2 Å². The van der Waals surface area contributed by atoms with E-state index >= 15 is 0 Å². The second-order valence-corrected chi connectivity index (χ2v) is 5.49. The molecule has 2 amide bonds. The standard InChI is InChI=1S/C17H18Cl2N2O2/c1-2-23-16-6-4-3-5-15(16)20-17(22)21(12-11-18)14-9-7-13(19)8-10-14/h3-10H,2,11-12H2,1H3,(H,20,22). The number of alkyl halides is 1. The molecule has 1 N–H and O–H groups in total. The SMILES string of the molecule is CCOc1ccccc1NC(=O)N(CCCl)c1ccc(Cl)cc1. The van der Waals surface area contributed by atoms with Crippen LogP contribution in [-0.4, -0.2) is 25.1 Å². The molecule has 6 heteroatoms. The van der Waals surface area contributed by atoms with Crippen LogP contribution in [0, 0.1) is 0 Å². The lowest BCUT2D eigenvalue weighted by Crippen LogP contribution is -2.36. The fraction of sp³-hybridized carbons (Fsp3) is 0.235. The summed E-state index contributed by atoms with van der Waals surface area (Å²) in [6.07, 6.45) is 0. The number of carbonyl (C=O) groups excluding carboxylic acids is 1. The molecule has 0 heterocycles. The summed E-state index contributed by atoms with van der Waals surface area (Å²) in [6.45, 7) is 2.80. The van der Waals surface area contributed by atoms with Gasteiger partial charge in [-0.3, -0.25) is 4.90 Å². The van der Waals surface area contributed by atoms with E-state index in [2.05, 4.69) is 5.32 Å². The molecule has 2 rings (SSSR count). The molecule has 2 aromatic carbocycles. The van der Waals surface area contributed by atoms with Crippen molar-refractivity contribution in [1.29, 1.82) is 0 Å². The summed E-state index contributed by atoms with van der Waals surface area (Å²) in [6, 6.07) is 14.1. The predicted octanol–water partition coefficient (Wildman–Crippen LogP) is 5.02. The Kier molecular flexibility index (Phi) is 6.56. The Labute approximate surface area is 146 Å². The van der Waals surface area contributed by atoms with Crippen molar-refractivity contribution in [2.24, 2.45) is 0 Å². The number of urea groups is 1. The minimum Gasteiger partial charge on any atom is -0.492 e. The van der Waals surface area contributed by atoms with Crippen LogP contribution in [0.5, 0.6) is 5.75 Å². The van der Waals surface area contributed by atoms with Gasteiger partial charge >= 0.3 is 6.03 Å². The van der Waals surface area contributed by atoms with Gasteiger partial charge in [-0.25, -0.2) is 4.79 Å². The maximum Gasteiger partial charge on any atom is 0.326 e. The number of halogens is 2. The van der Waals surface area contributed by atoms with Crippen LogP contribution in [0.25, 0.3) is 0 Å². The minimum atomic E-state index is -0.278. The van der Waals surface area contributed by atoms with Gasteiger partial charge in [0.05, 0.1) is 12.3 Å². The Morgan fingerprint density at radius 3 is 2.52 bits per heavy atom. The van der Waals surface area contributed by atoms with E-state index in [1.807, 2.05) is 25.1 Å². The number of nitrogens with zero attached hydrogens (tertiary/aromatic N) is 1. The molecule has 4 nitrogen and oxygen atoms in total. The number of rotatable bonds is 6. The summed E-state index contributed by atoms with van der Waals surface area (Å²) in [5.41, 5.74) is 1.34. The summed E-state index contributed by atoms with van der Waals surface area (Å²) < 4.78 is 5.52. The monoisotopic (exact) mass is 352 g/mol. The van der Waals surface area contributed by atoms with E-state index in [-0.39, 0.29) is 6.03 Å². The number of benzene rings is 2. The van der Waals surface area contributed by atoms with Gasteiger partial charge in [0.15, 0.2) is 0 Å². The molecule has 0 aromatic heterocycles. The molecular weight excluding hydrogens is 335 g/mol. The van der Waals surface area contributed by atoms with E-state index in [1.54, 1.807) is 35.2 Å². The van der Waals surface area contributed by atoms with Crippen molar-refractivity contribution in [3.63, 3.8) is 0 Å². The van der Waals surface area contributed by atoms with Gasteiger partial charge in [0, 0.05) is 23.1 Å². The van der Waals surface area contributed by atoms with Crippen molar-refractivity contribution >= 4 is 40.6 Å². The number of nitrogens with one attached hydrogen (secondary N) is 1. The first-order chi connectivity index (χ1) is 11.2. The Morgan fingerprint density at radius 1 is 1.17 bits per heavy atom. The van der Waals surface area contributed by atoms with Gasteiger partial charge in [-0.1, -0.05) is 23.7 Å². The molecule has 0 saturated carbocycles. The average Bonchev–Trinajstić information content (AvgIpc) is 2.55. The molecule has 2 aromatic rings. The Bertz CT molecular complexity index is 647. The Morgan fingerprint density at radius 2 is 1.87 bits per heavy atom. The zero-order chi connectivity index (χ0) is 16.7. The van der Waals surface area contributed by atoms with E-state index in [9.17, 15) is 4.79 Å². The third-order valence-electron chi connectivity index (χ3n) is 3.12. The first-order valence-corrected chi connectivity index (χ1v) is 8.18. The quantitative estimate of drug-likeness (QED) is 0.741. The van der Waals surface area contributed by atoms with Gasteiger partial charge in [0.25, 0.3) is 0 Å². The van der Waals surface area contributed by atoms with Gasteiger partial charge in [-0.05, 0) is 43.3 Å². The van der Waals surface area contributed by atoms with Crippen molar-refractivity contribution in [3.8, 4) is 5.75 Å². The van der Waals surface area contributed by atoms with Gasteiger partial charge in [-0.15, -0.1) is 11.6 Å². The number of hydrogen-bond acceptors (Lipinski definition) is 2. The van der Waals surface area contributed by atoms with Crippen molar-refractivity contribution in [3.05, 3.63) is 53.6 Å². The largest absolute Gasteiger partial charge is 0.492 e. The fourth-order valence-electron chi connectivity index (χ4n) is 2.09. The molecule has 0 spiro atoms. The van der Waals surface area contributed by atoms with Crippen LogP contribution in [0.4, 0.5) is 16.2 Å². The summed E-state index contributed by atoms with van der Waals surface area (Å²) in [5.74, 6) is 0.952. The molecule has 23 heavy (non-hydrogen) atoms. The van der Waals surface area contributed by atoms with Crippen molar-refractivity contribution in [1.82, 2.24) is 0 Å². The van der Waals surface area contributed by atoms with E-state index in [0.717, 1.165) is 5.69 Å². The lowest BCUT2D eigenvalue weighted by molar-refractivity contribution is 0.257. The molecule has 0 aliphatic carbocycles. The molecule has 0 radical (unpaired) electrons. The minimum absolute atomic E-state index is 0.278. The van der Waals surface area contributed by atoms with Crippen molar-refractivity contribution < 1.29 is 9.53 Å². The number of amides is 2. The molecule has 122 valence electrons. The van der Waals surface area contributed by atoms with Gasteiger partial charge < -0.3 is 10.1 Å². The fourth-order valence-corrected chi connectivity index (χ4v) is 2.38. The van der Waals surface area contributed by atoms with Gasteiger partial charge in [0.2, 0.25) is 0 Å². The lowest BCUT2D eigenvalue weighted by Gasteiger charge is -2.23. The summed E-state index contributed by atoms with van der Waals surface area (Å²) >= 11 is 11.7. The van der Waals surface area contributed by atoms with Crippen LogP contribution in [0.15, 0.2) is 48.5 Å². The van der Waals surface area contributed by atoms with Crippen molar-refractivity contribution in [2.75, 3.05) is 29.2 Å². The highest BCUT2D eigenvalue weighted by Crippen LogP contribution is 2.25. The maximum absolute atomic E-state index is 12.6. The van der Waals surface area contributed by atoms with Crippen LogP contribution in [0.2, 0.25) is 5.02 Å². The van der Waals surface area contributed by atoms with Gasteiger partial charge in [-0.2, -0.15) is 0 Å². The first kappa shape index (κ1) is 17.4. The summed E-state index contributed by atoms with van der Waals surface area (Å²) in [7, 11) is 0. The molecular formula is C17H18Cl2N2O2. The normalized spacial score (nSPS) is 10.2. The van der Waals surface area contributed by atoms with Crippen LogP contribution in [-0.2, 0) is 0 Å². The average molecular weight is 353 g/mol. The first-order valence-electron chi connectivity index (χ1n) is 7.27. The second kappa shape index (κ2) is 8.65. The third kappa shape index (κ3) is 4.78. The van der Waals surface area contributed by atoms with E-state index in [4.69, 9.17) is 27.9 Å². The zero-order valence-corrected chi connectivity index (χ0v) is 14.3. The number of para-hydroxylation sites is 2. The molecule has 0 saturated heterocycles. The second-order valence-electron chi connectivity index (χ2n) is 4.68. The highest BCUT2D eigenvalue weighted by molar-refractivity contribution is 6.30. The molecule has 0 aliphatic heterocycles. The number of hydrogen-bond donors (Lipinski definition) is 1. The smallest absolute Gasteiger partial charge is 0.326 e. The van der Waals surface area contributed by atoms with Crippen LogP contribution < -0.4 is 15.0 Å². The Balaban J connectivity index is 2.20. The van der Waals surface area contributed by atoms with E-state index in [0.29, 0.717) is 35.5 Å². The summed E-state index contributed by atoms with van der Waals surface area (Å²) in [5, 5.41) is 3.48. The highest BCUT2D eigenvalue weighted by Gasteiger charge is 2.17. The zero-order valence-electron chi connectivity index (χ0n) is 12.8.